The summed E-state index contributed by atoms with van der Waals surface area (Å²) in [5.74, 6) is -1.38. The van der Waals surface area contributed by atoms with Crippen molar-refractivity contribution in [2.24, 2.45) is 0 Å². The molecule has 0 fully saturated rings. The molecule has 6 heteroatoms. The molecule has 6 nitrogen and oxygen atoms in total. The molecular weight excluding hydrogens is 348 g/mol. The Morgan fingerprint density at radius 1 is 0.963 bits per heavy atom. The van der Waals surface area contributed by atoms with Gasteiger partial charge in [-0.1, -0.05) is 58.3 Å². The molecule has 1 heterocycles. The Kier molecular flexibility index (Phi) is 11.5. The van der Waals surface area contributed by atoms with Crippen LogP contribution in [0.4, 0.5) is 0 Å². The summed E-state index contributed by atoms with van der Waals surface area (Å²) in [6.45, 7) is 4.91. The van der Waals surface area contributed by atoms with E-state index in [0.29, 0.717) is 12.0 Å². The lowest BCUT2D eigenvalue weighted by atomic mass is 9.98. The van der Waals surface area contributed by atoms with Gasteiger partial charge in [0.05, 0.1) is 0 Å². The van der Waals surface area contributed by atoms with Crippen LogP contribution in [-0.4, -0.2) is 36.7 Å². The summed E-state index contributed by atoms with van der Waals surface area (Å²) in [4.78, 5) is 34.4. The molecule has 0 amide bonds. The highest BCUT2D eigenvalue weighted by atomic mass is 16.6. The van der Waals surface area contributed by atoms with Gasteiger partial charge in [0.1, 0.15) is 12.7 Å². The number of rotatable bonds is 14. The molecule has 0 aromatic heterocycles. The van der Waals surface area contributed by atoms with E-state index in [4.69, 9.17) is 14.2 Å². The Bertz CT molecular complexity index is 511. The van der Waals surface area contributed by atoms with Gasteiger partial charge in [0.2, 0.25) is 0 Å². The Morgan fingerprint density at radius 2 is 1.52 bits per heavy atom. The van der Waals surface area contributed by atoms with E-state index >= 15 is 0 Å². The second kappa shape index (κ2) is 13.3. The minimum atomic E-state index is -0.771. The highest BCUT2D eigenvalue weighted by Crippen LogP contribution is 2.23. The maximum atomic E-state index is 11.5. The molecule has 0 bridgehead atoms. The van der Waals surface area contributed by atoms with Gasteiger partial charge in [-0.15, -0.1) is 0 Å². The summed E-state index contributed by atoms with van der Waals surface area (Å²) in [6, 6.07) is 0. The number of carbonyl (C=O) groups excluding carboxylic acids is 3. The van der Waals surface area contributed by atoms with Crippen LogP contribution in [0.3, 0.4) is 0 Å². The first-order valence-electron chi connectivity index (χ1n) is 10.2. The highest BCUT2D eigenvalue weighted by Gasteiger charge is 2.33. The van der Waals surface area contributed by atoms with Crippen LogP contribution in [0.25, 0.3) is 0 Å². The van der Waals surface area contributed by atoms with Crippen LogP contribution >= 0.6 is 0 Å². The van der Waals surface area contributed by atoms with E-state index in [1.165, 1.54) is 58.4 Å². The number of hydrogen-bond donors (Lipinski definition) is 0. The normalized spacial score (nSPS) is 15.7. The lowest BCUT2D eigenvalue weighted by Gasteiger charge is -2.26. The topological polar surface area (TPSA) is 78.9 Å². The quantitative estimate of drug-likeness (QED) is 0.254. The number of ether oxygens (including phenoxy) is 3. The Hall–Kier alpha value is -1.85. The van der Waals surface area contributed by atoms with E-state index in [-0.39, 0.29) is 6.61 Å². The van der Waals surface area contributed by atoms with Crippen LogP contribution in [0.15, 0.2) is 11.6 Å². The summed E-state index contributed by atoms with van der Waals surface area (Å²) in [5, 5.41) is 0. The van der Waals surface area contributed by atoms with E-state index in [2.05, 4.69) is 6.92 Å². The third kappa shape index (κ3) is 10.2. The van der Waals surface area contributed by atoms with Gasteiger partial charge in [-0.25, -0.2) is 4.79 Å². The zero-order valence-electron chi connectivity index (χ0n) is 17.0. The van der Waals surface area contributed by atoms with Gasteiger partial charge in [-0.05, 0) is 12.8 Å². The molecule has 27 heavy (non-hydrogen) atoms. The molecule has 2 atom stereocenters. The third-order valence-corrected chi connectivity index (χ3v) is 4.59. The standard InChI is InChI=1S/C21H34O6/c1-4-5-6-7-8-9-10-11-12-13-19(26-16(2)22)21(27-17(3)23)18-14-20(24)25-15-18/h14,19,21H,4-13,15H2,1-3H3. The van der Waals surface area contributed by atoms with Crippen LogP contribution in [0, 0.1) is 0 Å². The van der Waals surface area contributed by atoms with Gasteiger partial charge in [0.15, 0.2) is 6.10 Å². The van der Waals surface area contributed by atoms with Gasteiger partial charge >= 0.3 is 17.9 Å². The molecule has 1 aliphatic rings. The van der Waals surface area contributed by atoms with Crippen molar-refractivity contribution in [3.8, 4) is 0 Å². The average Bonchev–Trinajstić information content (AvgIpc) is 3.03. The largest absolute Gasteiger partial charge is 0.458 e. The number of unbranched alkanes of at least 4 members (excludes halogenated alkanes) is 8. The van der Waals surface area contributed by atoms with Crippen molar-refractivity contribution >= 4 is 17.9 Å². The number of esters is 3. The average molecular weight is 382 g/mol. The van der Waals surface area contributed by atoms with Crippen LogP contribution in [0.2, 0.25) is 0 Å². The van der Waals surface area contributed by atoms with Crippen molar-refractivity contribution in [1.29, 1.82) is 0 Å². The summed E-state index contributed by atoms with van der Waals surface area (Å²) in [5.41, 5.74) is 0.539. The fourth-order valence-corrected chi connectivity index (χ4v) is 3.26. The molecular formula is C21H34O6. The van der Waals surface area contributed by atoms with Crippen molar-refractivity contribution < 1.29 is 28.6 Å². The van der Waals surface area contributed by atoms with Crippen LogP contribution in [-0.2, 0) is 28.6 Å². The fraction of sp³-hybridized carbons (Fsp3) is 0.762. The van der Waals surface area contributed by atoms with Crippen molar-refractivity contribution in [3.63, 3.8) is 0 Å². The van der Waals surface area contributed by atoms with Crippen molar-refractivity contribution in [2.75, 3.05) is 6.61 Å². The van der Waals surface area contributed by atoms with E-state index in [0.717, 1.165) is 19.3 Å². The molecule has 0 radical (unpaired) electrons. The molecule has 0 aliphatic carbocycles. The van der Waals surface area contributed by atoms with Gasteiger partial charge < -0.3 is 14.2 Å². The molecule has 1 aliphatic heterocycles. The maximum absolute atomic E-state index is 11.5. The van der Waals surface area contributed by atoms with Gasteiger partial charge in [0.25, 0.3) is 0 Å². The predicted octanol–water partition coefficient (Wildman–Crippen LogP) is 4.25. The first kappa shape index (κ1) is 23.2. The second-order valence-corrected chi connectivity index (χ2v) is 7.12. The van der Waals surface area contributed by atoms with Crippen molar-refractivity contribution in [3.05, 3.63) is 11.6 Å². The maximum Gasteiger partial charge on any atom is 0.331 e. The van der Waals surface area contributed by atoms with Crippen LogP contribution in [0.1, 0.15) is 85.0 Å². The molecule has 2 unspecified atom stereocenters. The molecule has 0 spiro atoms. The number of carbonyl (C=O) groups is 3. The first-order valence-corrected chi connectivity index (χ1v) is 10.2. The monoisotopic (exact) mass is 382 g/mol. The molecule has 0 saturated heterocycles. The summed E-state index contributed by atoms with van der Waals surface area (Å²) in [6.07, 6.45) is 11.2. The second-order valence-electron chi connectivity index (χ2n) is 7.12. The summed E-state index contributed by atoms with van der Waals surface area (Å²) in [7, 11) is 0. The minimum Gasteiger partial charge on any atom is -0.458 e. The van der Waals surface area contributed by atoms with Crippen LogP contribution in [0.5, 0.6) is 0 Å². The minimum absolute atomic E-state index is 0.0618. The number of hydrogen-bond acceptors (Lipinski definition) is 6. The van der Waals surface area contributed by atoms with E-state index in [9.17, 15) is 14.4 Å². The zero-order chi connectivity index (χ0) is 20.1. The van der Waals surface area contributed by atoms with Crippen LogP contribution < -0.4 is 0 Å². The zero-order valence-corrected chi connectivity index (χ0v) is 17.0. The Balaban J connectivity index is 2.49. The molecule has 0 N–H and O–H groups in total. The summed E-state index contributed by atoms with van der Waals surface area (Å²) >= 11 is 0. The van der Waals surface area contributed by atoms with Gasteiger partial charge in [0, 0.05) is 25.5 Å². The van der Waals surface area contributed by atoms with E-state index in [1.807, 2.05) is 0 Å². The molecule has 0 aromatic carbocycles. The predicted molar refractivity (Wildman–Crippen MR) is 102 cm³/mol. The van der Waals surface area contributed by atoms with E-state index < -0.39 is 30.1 Å². The lowest BCUT2D eigenvalue weighted by Crippen LogP contribution is -2.36. The van der Waals surface area contributed by atoms with Gasteiger partial charge in [-0.2, -0.15) is 0 Å². The summed E-state index contributed by atoms with van der Waals surface area (Å²) < 4.78 is 15.7. The Labute approximate surface area is 162 Å². The number of cyclic esters (lactones) is 1. The van der Waals surface area contributed by atoms with Crippen molar-refractivity contribution in [2.45, 2.75) is 97.2 Å². The Morgan fingerprint density at radius 3 is 2.00 bits per heavy atom. The van der Waals surface area contributed by atoms with Gasteiger partial charge in [-0.3, -0.25) is 9.59 Å². The van der Waals surface area contributed by atoms with E-state index in [1.54, 1.807) is 0 Å². The molecule has 1 rings (SSSR count). The fourth-order valence-electron chi connectivity index (χ4n) is 3.26. The lowest BCUT2D eigenvalue weighted by molar-refractivity contribution is -0.163. The van der Waals surface area contributed by atoms with Crippen molar-refractivity contribution in [1.82, 2.24) is 0 Å². The first-order chi connectivity index (χ1) is 12.9. The smallest absolute Gasteiger partial charge is 0.331 e. The highest BCUT2D eigenvalue weighted by molar-refractivity contribution is 5.85. The SMILES string of the molecule is CCCCCCCCCCCC(OC(C)=O)C(OC(C)=O)C1=CC(=O)OC1. The molecule has 0 saturated carbocycles. The third-order valence-electron chi connectivity index (χ3n) is 4.59. The molecule has 0 aromatic rings. The molecule has 154 valence electrons.